The van der Waals surface area contributed by atoms with Crippen molar-refractivity contribution in [1.29, 1.82) is 0 Å². The fourth-order valence-corrected chi connectivity index (χ4v) is 2.61. The summed E-state index contributed by atoms with van der Waals surface area (Å²) >= 11 is 0. The van der Waals surface area contributed by atoms with Crippen molar-refractivity contribution in [3.63, 3.8) is 0 Å². The Balaban J connectivity index is 1.73. The van der Waals surface area contributed by atoms with Crippen LogP contribution in [0.3, 0.4) is 0 Å². The molecular formula is C16H22N4O2. The quantitative estimate of drug-likeness (QED) is 0.877. The number of piperazine rings is 1. The van der Waals surface area contributed by atoms with Gasteiger partial charge in [-0.25, -0.2) is 9.78 Å². The van der Waals surface area contributed by atoms with E-state index in [1.807, 2.05) is 37.4 Å². The van der Waals surface area contributed by atoms with Gasteiger partial charge in [-0.3, -0.25) is 0 Å². The Kier molecular flexibility index (Phi) is 3.78. The maximum atomic E-state index is 12.2. The van der Waals surface area contributed by atoms with Gasteiger partial charge in [-0.1, -0.05) is 6.07 Å². The molecule has 3 rings (SSSR count). The number of imidazole rings is 1. The van der Waals surface area contributed by atoms with E-state index in [1.165, 1.54) is 0 Å². The maximum absolute atomic E-state index is 12.2. The maximum Gasteiger partial charge on any atom is 0.410 e. The van der Waals surface area contributed by atoms with Crippen LogP contribution in [0.15, 0.2) is 30.7 Å². The van der Waals surface area contributed by atoms with E-state index >= 15 is 0 Å². The molecule has 0 bridgehead atoms. The lowest BCUT2D eigenvalue weighted by molar-refractivity contribution is 0.0195. The third kappa shape index (κ3) is 3.22. The fraction of sp³-hybridized carbons (Fsp3) is 0.500. The van der Waals surface area contributed by atoms with Gasteiger partial charge in [0.2, 0.25) is 0 Å². The van der Waals surface area contributed by atoms with Crippen molar-refractivity contribution < 1.29 is 9.53 Å². The molecule has 0 aromatic carbocycles. The molecule has 0 radical (unpaired) electrons. The molecule has 0 spiro atoms. The number of nitrogens with one attached hydrogen (secondary N) is 1. The molecular weight excluding hydrogens is 280 g/mol. The summed E-state index contributed by atoms with van der Waals surface area (Å²) in [4.78, 5) is 18.2. The van der Waals surface area contributed by atoms with E-state index in [4.69, 9.17) is 4.74 Å². The average Bonchev–Trinajstić information content (AvgIpc) is 2.93. The van der Waals surface area contributed by atoms with Crippen LogP contribution < -0.4 is 5.32 Å². The minimum atomic E-state index is -0.465. The highest BCUT2D eigenvalue weighted by atomic mass is 16.6. The molecule has 2 aromatic rings. The third-order valence-corrected chi connectivity index (χ3v) is 3.64. The molecule has 1 aliphatic rings. The van der Waals surface area contributed by atoms with Crippen molar-refractivity contribution in [2.45, 2.75) is 32.4 Å². The lowest BCUT2D eigenvalue weighted by atomic mass is 10.1. The molecule has 1 saturated heterocycles. The number of aromatic nitrogens is 2. The van der Waals surface area contributed by atoms with E-state index in [-0.39, 0.29) is 12.1 Å². The summed E-state index contributed by atoms with van der Waals surface area (Å²) in [6.45, 7) is 7.69. The Morgan fingerprint density at radius 1 is 1.41 bits per heavy atom. The smallest absolute Gasteiger partial charge is 0.410 e. The normalized spacial score (nSPS) is 19.4. The number of pyridine rings is 1. The summed E-state index contributed by atoms with van der Waals surface area (Å²) in [5, 5.41) is 3.46. The first-order valence-electron chi connectivity index (χ1n) is 7.56. The van der Waals surface area contributed by atoms with Gasteiger partial charge in [0, 0.05) is 38.2 Å². The summed E-state index contributed by atoms with van der Waals surface area (Å²) < 4.78 is 7.45. The van der Waals surface area contributed by atoms with Gasteiger partial charge in [0.25, 0.3) is 0 Å². The highest BCUT2D eigenvalue weighted by molar-refractivity contribution is 5.68. The Labute approximate surface area is 130 Å². The predicted molar refractivity (Wildman–Crippen MR) is 83.7 cm³/mol. The first kappa shape index (κ1) is 14.8. The summed E-state index contributed by atoms with van der Waals surface area (Å²) in [5.41, 5.74) is 1.59. The SMILES string of the molecule is CC(C)(C)OC(=O)N1CCNC(c2ccc3nccn3c2)C1. The van der Waals surface area contributed by atoms with Crippen LogP contribution in [0.1, 0.15) is 32.4 Å². The lowest BCUT2D eigenvalue weighted by Gasteiger charge is -2.35. The van der Waals surface area contributed by atoms with Crippen LogP contribution in [0.4, 0.5) is 4.79 Å². The molecule has 1 aliphatic heterocycles. The number of amides is 1. The molecule has 1 atom stereocenters. The molecule has 1 unspecified atom stereocenters. The molecule has 3 heterocycles. The zero-order valence-electron chi connectivity index (χ0n) is 13.2. The minimum absolute atomic E-state index is 0.105. The lowest BCUT2D eigenvalue weighted by Crippen LogP contribution is -2.49. The number of nitrogens with zero attached hydrogens (tertiary/aromatic N) is 3. The molecule has 2 aromatic heterocycles. The third-order valence-electron chi connectivity index (χ3n) is 3.64. The van der Waals surface area contributed by atoms with Crippen molar-refractivity contribution >= 4 is 11.7 Å². The van der Waals surface area contributed by atoms with E-state index in [0.717, 1.165) is 17.8 Å². The number of carbonyl (C=O) groups excluding carboxylic acids is 1. The first-order valence-corrected chi connectivity index (χ1v) is 7.56. The highest BCUT2D eigenvalue weighted by Gasteiger charge is 2.28. The van der Waals surface area contributed by atoms with Gasteiger partial charge in [0.1, 0.15) is 11.2 Å². The first-order chi connectivity index (χ1) is 10.4. The standard InChI is InChI=1S/C16H22N4O2/c1-16(2,3)22-15(21)20-9-6-17-13(11-20)12-4-5-14-18-7-8-19(14)10-12/h4-5,7-8,10,13,17H,6,9,11H2,1-3H3. The second-order valence-electron chi connectivity index (χ2n) is 6.59. The Hall–Kier alpha value is -2.08. The average molecular weight is 302 g/mol. The van der Waals surface area contributed by atoms with Crippen molar-refractivity contribution in [3.05, 3.63) is 36.3 Å². The number of hydrogen-bond acceptors (Lipinski definition) is 4. The minimum Gasteiger partial charge on any atom is -0.444 e. The molecule has 22 heavy (non-hydrogen) atoms. The largest absolute Gasteiger partial charge is 0.444 e. The number of ether oxygens (including phenoxy) is 1. The number of rotatable bonds is 1. The van der Waals surface area contributed by atoms with Gasteiger partial charge >= 0.3 is 6.09 Å². The van der Waals surface area contributed by atoms with Crippen molar-refractivity contribution in [2.75, 3.05) is 19.6 Å². The monoisotopic (exact) mass is 302 g/mol. The molecule has 0 saturated carbocycles. The van der Waals surface area contributed by atoms with Gasteiger partial charge < -0.3 is 19.4 Å². The van der Waals surface area contributed by atoms with Crippen LogP contribution in [0.2, 0.25) is 0 Å². The van der Waals surface area contributed by atoms with Crippen LogP contribution in [0, 0.1) is 0 Å². The van der Waals surface area contributed by atoms with Gasteiger partial charge in [-0.2, -0.15) is 0 Å². The Morgan fingerprint density at radius 2 is 2.23 bits per heavy atom. The van der Waals surface area contributed by atoms with E-state index in [2.05, 4.69) is 22.6 Å². The second kappa shape index (κ2) is 5.61. The van der Waals surface area contributed by atoms with Gasteiger partial charge in [-0.05, 0) is 32.4 Å². The van der Waals surface area contributed by atoms with E-state index in [0.29, 0.717) is 13.1 Å². The topological polar surface area (TPSA) is 58.9 Å². The summed E-state index contributed by atoms with van der Waals surface area (Å²) in [6.07, 6.45) is 5.51. The molecule has 1 N–H and O–H groups in total. The molecule has 6 nitrogen and oxygen atoms in total. The van der Waals surface area contributed by atoms with Crippen molar-refractivity contribution in [1.82, 2.24) is 19.6 Å². The predicted octanol–water partition coefficient (Wildman–Crippen LogP) is 2.22. The number of carbonyl (C=O) groups is 1. The van der Waals surface area contributed by atoms with Crippen LogP contribution in [0.25, 0.3) is 5.65 Å². The summed E-state index contributed by atoms with van der Waals surface area (Å²) in [7, 11) is 0. The highest BCUT2D eigenvalue weighted by Crippen LogP contribution is 2.20. The van der Waals surface area contributed by atoms with Crippen molar-refractivity contribution in [2.24, 2.45) is 0 Å². The van der Waals surface area contributed by atoms with Crippen molar-refractivity contribution in [3.8, 4) is 0 Å². The Morgan fingerprint density at radius 3 is 3.00 bits per heavy atom. The van der Waals surface area contributed by atoms with E-state index in [9.17, 15) is 4.79 Å². The molecule has 118 valence electrons. The Bertz CT molecular complexity index is 674. The molecule has 6 heteroatoms. The van der Waals surface area contributed by atoms with Gasteiger partial charge in [0.15, 0.2) is 0 Å². The van der Waals surface area contributed by atoms with Gasteiger partial charge in [0.05, 0.1) is 6.04 Å². The summed E-state index contributed by atoms with van der Waals surface area (Å²) in [6, 6.07) is 4.15. The molecule has 0 aliphatic carbocycles. The van der Waals surface area contributed by atoms with E-state index < -0.39 is 5.60 Å². The summed E-state index contributed by atoms with van der Waals surface area (Å²) in [5.74, 6) is 0. The van der Waals surface area contributed by atoms with Crippen LogP contribution >= 0.6 is 0 Å². The van der Waals surface area contributed by atoms with Crippen LogP contribution in [-0.4, -0.2) is 45.6 Å². The fourth-order valence-electron chi connectivity index (χ4n) is 2.61. The zero-order valence-corrected chi connectivity index (χ0v) is 13.2. The molecule has 1 amide bonds. The van der Waals surface area contributed by atoms with E-state index in [1.54, 1.807) is 11.1 Å². The number of fused-ring (bicyclic) bond motifs is 1. The number of hydrogen-bond donors (Lipinski definition) is 1. The van der Waals surface area contributed by atoms with Gasteiger partial charge in [-0.15, -0.1) is 0 Å². The van der Waals surface area contributed by atoms with Crippen LogP contribution in [0.5, 0.6) is 0 Å². The zero-order chi connectivity index (χ0) is 15.7. The molecule has 1 fully saturated rings. The van der Waals surface area contributed by atoms with Crippen LogP contribution in [-0.2, 0) is 4.74 Å². The second-order valence-corrected chi connectivity index (χ2v) is 6.59.